The average molecular weight is 321 g/mol. The summed E-state index contributed by atoms with van der Waals surface area (Å²) in [6.07, 6.45) is 6.26. The van der Waals surface area contributed by atoms with Gasteiger partial charge in [0.1, 0.15) is 0 Å². The molecule has 1 amide bonds. The number of nitrogens with one attached hydrogen (secondary N) is 1. The molecule has 0 aliphatic heterocycles. The molecule has 2 heterocycles. The predicted molar refractivity (Wildman–Crippen MR) is 82.3 cm³/mol. The van der Waals surface area contributed by atoms with Crippen LogP contribution in [0, 0.1) is 5.92 Å². The van der Waals surface area contributed by atoms with Crippen molar-refractivity contribution in [3.05, 3.63) is 18.4 Å². The first kappa shape index (κ1) is 15.1. The predicted octanol–water partition coefficient (Wildman–Crippen LogP) is 3.12. The van der Waals surface area contributed by atoms with Crippen LogP contribution in [0.25, 0.3) is 11.7 Å². The van der Waals surface area contributed by atoms with E-state index in [9.17, 15) is 4.79 Å². The molecular formula is C15H19N3O3S. The normalized spacial score (nSPS) is 21.7. The van der Waals surface area contributed by atoms with Gasteiger partial charge in [-0.1, -0.05) is 31.5 Å². The van der Waals surface area contributed by atoms with Crippen molar-refractivity contribution in [2.24, 2.45) is 5.92 Å². The van der Waals surface area contributed by atoms with Crippen LogP contribution in [0.3, 0.4) is 0 Å². The Morgan fingerprint density at radius 1 is 1.41 bits per heavy atom. The SMILES string of the molecule is C[C@@H]1CCCC[C@H]1NC(=O)CSc1nnc(-c2ccco2)o1. The summed E-state index contributed by atoms with van der Waals surface area (Å²) >= 11 is 1.24. The van der Waals surface area contributed by atoms with Gasteiger partial charge in [-0.25, -0.2) is 0 Å². The number of carbonyl (C=O) groups excluding carboxylic acids is 1. The van der Waals surface area contributed by atoms with Crippen LogP contribution in [0.5, 0.6) is 0 Å². The third-order valence-corrected chi connectivity index (χ3v) is 4.74. The second-order valence-corrected chi connectivity index (χ2v) is 6.50. The molecule has 2 aromatic rings. The number of aromatic nitrogens is 2. The number of amides is 1. The Morgan fingerprint density at radius 3 is 3.05 bits per heavy atom. The summed E-state index contributed by atoms with van der Waals surface area (Å²) in [7, 11) is 0. The summed E-state index contributed by atoms with van der Waals surface area (Å²) in [4.78, 5) is 12.0. The third-order valence-electron chi connectivity index (χ3n) is 3.92. The minimum Gasteiger partial charge on any atom is -0.459 e. The molecule has 1 N–H and O–H groups in total. The van der Waals surface area contributed by atoms with Gasteiger partial charge in [0.2, 0.25) is 5.91 Å². The molecule has 1 aliphatic rings. The second kappa shape index (κ2) is 7.00. The zero-order chi connectivity index (χ0) is 15.4. The summed E-state index contributed by atoms with van der Waals surface area (Å²) in [6, 6.07) is 3.80. The van der Waals surface area contributed by atoms with Gasteiger partial charge >= 0.3 is 0 Å². The Bertz CT molecular complexity index is 611. The molecule has 6 nitrogen and oxygen atoms in total. The zero-order valence-electron chi connectivity index (χ0n) is 12.4. The lowest BCUT2D eigenvalue weighted by Gasteiger charge is -2.29. The maximum absolute atomic E-state index is 12.0. The van der Waals surface area contributed by atoms with E-state index in [1.165, 1.54) is 31.0 Å². The van der Waals surface area contributed by atoms with Gasteiger partial charge in [-0.05, 0) is 30.9 Å². The highest BCUT2D eigenvalue weighted by Crippen LogP contribution is 2.25. The highest BCUT2D eigenvalue weighted by Gasteiger charge is 2.23. The lowest BCUT2D eigenvalue weighted by atomic mass is 9.86. The van der Waals surface area contributed by atoms with Crippen LogP contribution in [0.4, 0.5) is 0 Å². The third kappa shape index (κ3) is 3.71. The first-order valence-corrected chi connectivity index (χ1v) is 8.50. The number of nitrogens with zero attached hydrogens (tertiary/aromatic N) is 2. The Morgan fingerprint density at radius 2 is 2.27 bits per heavy atom. The number of carbonyl (C=O) groups is 1. The smallest absolute Gasteiger partial charge is 0.284 e. The van der Waals surface area contributed by atoms with E-state index >= 15 is 0 Å². The first-order valence-electron chi connectivity index (χ1n) is 7.52. The number of furan rings is 1. The monoisotopic (exact) mass is 321 g/mol. The van der Waals surface area contributed by atoms with E-state index in [0.29, 0.717) is 28.8 Å². The van der Waals surface area contributed by atoms with Crippen LogP contribution in [-0.4, -0.2) is 27.9 Å². The summed E-state index contributed by atoms with van der Waals surface area (Å²) < 4.78 is 10.6. The van der Waals surface area contributed by atoms with Crippen molar-refractivity contribution >= 4 is 17.7 Å². The lowest BCUT2D eigenvalue weighted by Crippen LogP contribution is -2.41. The maximum atomic E-state index is 12.0. The van der Waals surface area contributed by atoms with E-state index in [2.05, 4.69) is 22.4 Å². The van der Waals surface area contributed by atoms with Crippen molar-refractivity contribution < 1.29 is 13.6 Å². The molecule has 1 saturated carbocycles. The molecule has 0 spiro atoms. The molecule has 0 aromatic carbocycles. The van der Waals surface area contributed by atoms with Gasteiger partial charge in [-0.3, -0.25) is 4.79 Å². The summed E-state index contributed by atoms with van der Waals surface area (Å²) in [6.45, 7) is 2.20. The summed E-state index contributed by atoms with van der Waals surface area (Å²) in [5, 5.41) is 11.3. The summed E-state index contributed by atoms with van der Waals surface area (Å²) in [5.41, 5.74) is 0. The Kier molecular flexibility index (Phi) is 4.82. The quantitative estimate of drug-likeness (QED) is 0.852. The highest BCUT2D eigenvalue weighted by molar-refractivity contribution is 7.99. The standard InChI is InChI=1S/C15H19N3O3S/c1-10-5-2-3-6-11(10)16-13(19)9-22-15-18-17-14(21-15)12-7-4-8-20-12/h4,7-8,10-11H,2-3,5-6,9H2,1H3,(H,16,19)/t10-,11-/m1/s1. The van der Waals surface area contributed by atoms with Crippen LogP contribution in [-0.2, 0) is 4.79 Å². The lowest BCUT2D eigenvalue weighted by molar-refractivity contribution is -0.119. The molecule has 2 aromatic heterocycles. The molecule has 0 unspecified atom stereocenters. The van der Waals surface area contributed by atoms with Crippen molar-refractivity contribution in [3.63, 3.8) is 0 Å². The number of thioether (sulfide) groups is 1. The molecule has 22 heavy (non-hydrogen) atoms. The van der Waals surface area contributed by atoms with Crippen molar-refractivity contribution in [1.82, 2.24) is 15.5 Å². The molecule has 3 rings (SSSR count). The number of rotatable bonds is 5. The largest absolute Gasteiger partial charge is 0.459 e. The van der Waals surface area contributed by atoms with E-state index in [0.717, 1.165) is 6.42 Å². The van der Waals surface area contributed by atoms with Crippen molar-refractivity contribution in [1.29, 1.82) is 0 Å². The van der Waals surface area contributed by atoms with Gasteiger partial charge in [-0.15, -0.1) is 10.2 Å². The number of hydrogen-bond acceptors (Lipinski definition) is 6. The van der Waals surface area contributed by atoms with Crippen LogP contribution in [0.1, 0.15) is 32.6 Å². The van der Waals surface area contributed by atoms with E-state index in [4.69, 9.17) is 8.83 Å². The topological polar surface area (TPSA) is 81.2 Å². The van der Waals surface area contributed by atoms with E-state index in [1.807, 2.05) is 0 Å². The Hall–Kier alpha value is -1.76. The van der Waals surface area contributed by atoms with E-state index < -0.39 is 0 Å². The van der Waals surface area contributed by atoms with Crippen LogP contribution < -0.4 is 5.32 Å². The molecule has 1 fully saturated rings. The molecule has 0 saturated heterocycles. The van der Waals surface area contributed by atoms with Crippen LogP contribution in [0.15, 0.2) is 32.5 Å². The Labute approximate surface area is 133 Å². The van der Waals surface area contributed by atoms with Gasteiger partial charge in [-0.2, -0.15) is 0 Å². The van der Waals surface area contributed by atoms with Gasteiger partial charge in [0.25, 0.3) is 11.1 Å². The fraction of sp³-hybridized carbons (Fsp3) is 0.533. The second-order valence-electron chi connectivity index (χ2n) is 5.57. The zero-order valence-corrected chi connectivity index (χ0v) is 13.3. The molecule has 0 bridgehead atoms. The average Bonchev–Trinajstić information content (AvgIpc) is 3.18. The van der Waals surface area contributed by atoms with Gasteiger partial charge in [0, 0.05) is 6.04 Å². The maximum Gasteiger partial charge on any atom is 0.284 e. The molecular weight excluding hydrogens is 302 g/mol. The molecule has 1 aliphatic carbocycles. The fourth-order valence-electron chi connectivity index (χ4n) is 2.67. The molecule has 2 atom stereocenters. The van der Waals surface area contributed by atoms with Crippen molar-refractivity contribution in [2.45, 2.75) is 43.9 Å². The molecule has 118 valence electrons. The minimum atomic E-state index is 0.0153. The van der Waals surface area contributed by atoms with Gasteiger partial charge in [0.15, 0.2) is 5.76 Å². The Balaban J connectivity index is 1.49. The van der Waals surface area contributed by atoms with Gasteiger partial charge < -0.3 is 14.2 Å². The van der Waals surface area contributed by atoms with Crippen molar-refractivity contribution in [2.75, 3.05) is 5.75 Å². The number of hydrogen-bond donors (Lipinski definition) is 1. The summed E-state index contributed by atoms with van der Waals surface area (Å²) in [5.74, 6) is 1.70. The van der Waals surface area contributed by atoms with E-state index in [-0.39, 0.29) is 11.7 Å². The fourth-order valence-corrected chi connectivity index (χ4v) is 3.25. The van der Waals surface area contributed by atoms with Crippen LogP contribution in [0.2, 0.25) is 0 Å². The molecule has 7 heteroatoms. The van der Waals surface area contributed by atoms with E-state index in [1.54, 1.807) is 18.4 Å². The first-order chi connectivity index (χ1) is 10.7. The molecule has 0 radical (unpaired) electrons. The highest BCUT2D eigenvalue weighted by atomic mass is 32.2. The van der Waals surface area contributed by atoms with Gasteiger partial charge in [0.05, 0.1) is 12.0 Å². The van der Waals surface area contributed by atoms with Crippen molar-refractivity contribution in [3.8, 4) is 11.7 Å². The minimum absolute atomic E-state index is 0.0153. The van der Waals surface area contributed by atoms with Crippen LogP contribution >= 0.6 is 11.8 Å².